The zero-order chi connectivity index (χ0) is 10.6. The fourth-order valence-electron chi connectivity index (χ4n) is 1.64. The van der Waals surface area contributed by atoms with Crippen molar-refractivity contribution in [1.29, 1.82) is 0 Å². The van der Waals surface area contributed by atoms with Crippen molar-refractivity contribution in [2.45, 2.75) is 39.7 Å². The van der Waals surface area contributed by atoms with Crippen molar-refractivity contribution in [2.75, 3.05) is 0 Å². The summed E-state index contributed by atoms with van der Waals surface area (Å²) in [5.74, 6) is 0.323. The van der Waals surface area contributed by atoms with Crippen LogP contribution in [0.25, 0.3) is 0 Å². The zero-order valence-electron chi connectivity index (χ0n) is 9.20. The molecule has 2 heteroatoms. The quantitative estimate of drug-likeness (QED) is 0.796. The van der Waals surface area contributed by atoms with Crippen molar-refractivity contribution in [2.24, 2.45) is 5.92 Å². The standard InChI is InChI=1S/C12H19NO/c1-4-11(10(3)14)8-12-9(2)6-5-7-13-12/h5-7,10-11,14H,4,8H2,1-3H3. The van der Waals surface area contributed by atoms with Crippen molar-refractivity contribution in [3.8, 4) is 0 Å². The lowest BCUT2D eigenvalue weighted by Gasteiger charge is -2.18. The number of aliphatic hydroxyl groups excluding tert-OH is 1. The second-order valence-electron chi connectivity index (χ2n) is 3.88. The van der Waals surface area contributed by atoms with E-state index in [2.05, 4.69) is 24.9 Å². The maximum Gasteiger partial charge on any atom is 0.0543 e. The molecule has 1 aromatic rings. The molecule has 14 heavy (non-hydrogen) atoms. The molecular weight excluding hydrogens is 174 g/mol. The molecule has 1 rings (SSSR count). The van der Waals surface area contributed by atoms with Crippen LogP contribution in [0.4, 0.5) is 0 Å². The summed E-state index contributed by atoms with van der Waals surface area (Å²) in [6.07, 6.45) is 3.44. The summed E-state index contributed by atoms with van der Waals surface area (Å²) < 4.78 is 0. The Morgan fingerprint density at radius 2 is 2.21 bits per heavy atom. The van der Waals surface area contributed by atoms with Gasteiger partial charge >= 0.3 is 0 Å². The van der Waals surface area contributed by atoms with Crippen molar-refractivity contribution >= 4 is 0 Å². The fourth-order valence-corrected chi connectivity index (χ4v) is 1.64. The Morgan fingerprint density at radius 1 is 1.50 bits per heavy atom. The first-order chi connectivity index (χ1) is 6.65. The van der Waals surface area contributed by atoms with E-state index in [9.17, 15) is 5.11 Å². The minimum atomic E-state index is -0.249. The van der Waals surface area contributed by atoms with Crippen LogP contribution in [0.3, 0.4) is 0 Å². The van der Waals surface area contributed by atoms with E-state index in [1.165, 1.54) is 5.56 Å². The van der Waals surface area contributed by atoms with Gasteiger partial charge in [-0.1, -0.05) is 19.4 Å². The van der Waals surface area contributed by atoms with Gasteiger partial charge in [-0.05, 0) is 37.8 Å². The highest BCUT2D eigenvalue weighted by molar-refractivity contribution is 5.18. The van der Waals surface area contributed by atoms with E-state index in [0.29, 0.717) is 5.92 Å². The average Bonchev–Trinajstić information content (AvgIpc) is 2.16. The van der Waals surface area contributed by atoms with Gasteiger partial charge in [-0.2, -0.15) is 0 Å². The highest BCUT2D eigenvalue weighted by Gasteiger charge is 2.14. The molecular formula is C12H19NO. The Labute approximate surface area is 86.0 Å². The number of pyridine rings is 1. The van der Waals surface area contributed by atoms with E-state index in [1.807, 2.05) is 19.2 Å². The lowest BCUT2D eigenvalue weighted by molar-refractivity contribution is 0.122. The van der Waals surface area contributed by atoms with Gasteiger partial charge < -0.3 is 5.11 Å². The predicted molar refractivity (Wildman–Crippen MR) is 58.1 cm³/mol. The smallest absolute Gasteiger partial charge is 0.0543 e. The predicted octanol–water partition coefficient (Wildman–Crippen LogP) is 2.34. The first-order valence-electron chi connectivity index (χ1n) is 5.23. The molecule has 0 fully saturated rings. The number of aliphatic hydroxyl groups is 1. The van der Waals surface area contributed by atoms with Crippen LogP contribution >= 0.6 is 0 Å². The Hall–Kier alpha value is -0.890. The SMILES string of the molecule is CCC(Cc1ncccc1C)C(C)O. The van der Waals surface area contributed by atoms with Gasteiger partial charge in [0, 0.05) is 11.9 Å². The number of hydrogen-bond acceptors (Lipinski definition) is 2. The molecule has 1 aromatic heterocycles. The molecule has 0 aliphatic heterocycles. The monoisotopic (exact) mass is 193 g/mol. The number of rotatable bonds is 4. The largest absolute Gasteiger partial charge is 0.393 e. The number of nitrogens with zero attached hydrogens (tertiary/aromatic N) is 1. The minimum Gasteiger partial charge on any atom is -0.393 e. The fraction of sp³-hybridized carbons (Fsp3) is 0.583. The van der Waals surface area contributed by atoms with Gasteiger partial charge in [0.05, 0.1) is 6.10 Å². The van der Waals surface area contributed by atoms with Gasteiger partial charge in [0.25, 0.3) is 0 Å². The van der Waals surface area contributed by atoms with Gasteiger partial charge in [0.1, 0.15) is 0 Å². The Kier molecular flexibility index (Phi) is 4.08. The molecule has 0 bridgehead atoms. The van der Waals surface area contributed by atoms with Crippen LogP contribution in [0.5, 0.6) is 0 Å². The molecule has 2 nitrogen and oxygen atoms in total. The maximum absolute atomic E-state index is 9.54. The van der Waals surface area contributed by atoms with Crippen LogP contribution < -0.4 is 0 Å². The summed E-state index contributed by atoms with van der Waals surface area (Å²) in [5.41, 5.74) is 2.33. The highest BCUT2D eigenvalue weighted by atomic mass is 16.3. The Balaban J connectivity index is 2.72. The molecule has 2 atom stereocenters. The molecule has 1 N–H and O–H groups in total. The van der Waals surface area contributed by atoms with E-state index in [-0.39, 0.29) is 6.10 Å². The molecule has 0 saturated carbocycles. The Bertz CT molecular complexity index is 283. The van der Waals surface area contributed by atoms with Crippen molar-refractivity contribution < 1.29 is 5.11 Å². The van der Waals surface area contributed by atoms with Crippen LogP contribution in [0.1, 0.15) is 31.5 Å². The second kappa shape index (κ2) is 5.11. The van der Waals surface area contributed by atoms with Crippen LogP contribution in [0.2, 0.25) is 0 Å². The van der Waals surface area contributed by atoms with E-state index >= 15 is 0 Å². The molecule has 0 aromatic carbocycles. The van der Waals surface area contributed by atoms with E-state index in [0.717, 1.165) is 18.5 Å². The van der Waals surface area contributed by atoms with Crippen LogP contribution in [0.15, 0.2) is 18.3 Å². The summed E-state index contributed by atoms with van der Waals surface area (Å²) >= 11 is 0. The summed E-state index contributed by atoms with van der Waals surface area (Å²) in [5, 5.41) is 9.54. The molecule has 0 aliphatic rings. The van der Waals surface area contributed by atoms with Gasteiger partial charge in [-0.25, -0.2) is 0 Å². The average molecular weight is 193 g/mol. The normalized spacial score (nSPS) is 15.1. The first kappa shape index (κ1) is 11.2. The summed E-state index contributed by atoms with van der Waals surface area (Å²) in [6.45, 7) is 6.03. The van der Waals surface area contributed by atoms with Gasteiger partial charge in [0.15, 0.2) is 0 Å². The maximum atomic E-state index is 9.54. The van der Waals surface area contributed by atoms with E-state index in [4.69, 9.17) is 0 Å². The molecule has 1 heterocycles. The van der Waals surface area contributed by atoms with Gasteiger partial charge in [0.2, 0.25) is 0 Å². The van der Waals surface area contributed by atoms with Gasteiger partial charge in [-0.15, -0.1) is 0 Å². The van der Waals surface area contributed by atoms with Crippen LogP contribution in [-0.2, 0) is 6.42 Å². The molecule has 0 radical (unpaired) electrons. The first-order valence-corrected chi connectivity index (χ1v) is 5.23. The van der Waals surface area contributed by atoms with E-state index in [1.54, 1.807) is 0 Å². The highest BCUT2D eigenvalue weighted by Crippen LogP contribution is 2.16. The molecule has 0 amide bonds. The third-order valence-corrected chi connectivity index (χ3v) is 2.78. The van der Waals surface area contributed by atoms with Crippen molar-refractivity contribution in [3.05, 3.63) is 29.6 Å². The third-order valence-electron chi connectivity index (χ3n) is 2.78. The lowest BCUT2D eigenvalue weighted by Crippen LogP contribution is -2.19. The molecule has 0 aliphatic carbocycles. The van der Waals surface area contributed by atoms with Crippen molar-refractivity contribution in [1.82, 2.24) is 4.98 Å². The minimum absolute atomic E-state index is 0.249. The number of hydrogen-bond donors (Lipinski definition) is 1. The van der Waals surface area contributed by atoms with Crippen molar-refractivity contribution in [3.63, 3.8) is 0 Å². The number of aromatic nitrogens is 1. The van der Waals surface area contributed by atoms with Gasteiger partial charge in [-0.3, -0.25) is 4.98 Å². The molecule has 78 valence electrons. The Morgan fingerprint density at radius 3 is 2.71 bits per heavy atom. The molecule has 2 unspecified atom stereocenters. The zero-order valence-corrected chi connectivity index (χ0v) is 9.20. The lowest BCUT2D eigenvalue weighted by atomic mass is 9.93. The van der Waals surface area contributed by atoms with Crippen LogP contribution in [-0.4, -0.2) is 16.2 Å². The van der Waals surface area contributed by atoms with Crippen LogP contribution in [0, 0.1) is 12.8 Å². The summed E-state index contributed by atoms with van der Waals surface area (Å²) in [6, 6.07) is 4.01. The van der Waals surface area contributed by atoms with E-state index < -0.39 is 0 Å². The third kappa shape index (κ3) is 2.81. The topological polar surface area (TPSA) is 33.1 Å². The number of aryl methyl sites for hydroxylation is 1. The summed E-state index contributed by atoms with van der Waals surface area (Å²) in [7, 11) is 0. The molecule has 0 saturated heterocycles. The second-order valence-corrected chi connectivity index (χ2v) is 3.88. The molecule has 0 spiro atoms. The summed E-state index contributed by atoms with van der Waals surface area (Å²) in [4.78, 5) is 4.34.